The van der Waals surface area contributed by atoms with Gasteiger partial charge in [0.1, 0.15) is 0 Å². The minimum Gasteiger partial charge on any atom is -0.503 e. The maximum Gasteiger partial charge on any atom is 0.273 e. The molecule has 1 atom stereocenters. The number of methoxy groups -OCH3 is 1. The number of aliphatic hydroxyl groups is 1. The van der Waals surface area contributed by atoms with Gasteiger partial charge < -0.3 is 14.9 Å². The summed E-state index contributed by atoms with van der Waals surface area (Å²) in [6.07, 6.45) is 0.00925. The molecule has 0 heterocycles. The number of ether oxygens (including phenoxy) is 1. The topological polar surface area (TPSA) is 91.2 Å². The van der Waals surface area contributed by atoms with Crippen LogP contribution in [0.1, 0.15) is 17.2 Å². The van der Waals surface area contributed by atoms with E-state index in [0.29, 0.717) is 11.1 Å². The number of phenols is 1. The maximum atomic E-state index is 11.8. The molecule has 0 unspecified atom stereocenters. The van der Waals surface area contributed by atoms with Gasteiger partial charge in [0.2, 0.25) is 0 Å². The Hall–Kier alpha value is -2.57. The SMILES string of the molecule is COc1cc(C=NNC(=O)[C@H](O)c2ccccc2)cc(Cl)c1O. The summed E-state index contributed by atoms with van der Waals surface area (Å²) in [5.41, 5.74) is 3.22. The van der Waals surface area contributed by atoms with E-state index in [4.69, 9.17) is 16.3 Å². The molecule has 2 aromatic carbocycles. The van der Waals surface area contributed by atoms with Crippen LogP contribution in [0, 0.1) is 0 Å². The van der Waals surface area contributed by atoms with Crippen molar-refractivity contribution in [1.29, 1.82) is 0 Å². The zero-order chi connectivity index (χ0) is 16.8. The van der Waals surface area contributed by atoms with Crippen LogP contribution in [0.15, 0.2) is 47.6 Å². The van der Waals surface area contributed by atoms with E-state index in [2.05, 4.69) is 10.5 Å². The van der Waals surface area contributed by atoms with E-state index in [1.165, 1.54) is 25.5 Å². The molecule has 0 aliphatic heterocycles. The number of nitrogens with one attached hydrogen (secondary N) is 1. The predicted octanol–water partition coefficient (Wildman–Crippen LogP) is 2.24. The van der Waals surface area contributed by atoms with Gasteiger partial charge in [0.25, 0.3) is 5.91 Å². The van der Waals surface area contributed by atoms with Gasteiger partial charge in [-0.05, 0) is 23.3 Å². The largest absolute Gasteiger partial charge is 0.503 e. The van der Waals surface area contributed by atoms with E-state index in [9.17, 15) is 15.0 Å². The van der Waals surface area contributed by atoms with Gasteiger partial charge in [-0.3, -0.25) is 4.79 Å². The van der Waals surface area contributed by atoms with Crippen LogP contribution in [0.2, 0.25) is 5.02 Å². The first-order valence-corrected chi connectivity index (χ1v) is 7.03. The normalized spacial score (nSPS) is 12.1. The molecule has 3 N–H and O–H groups in total. The Bertz CT molecular complexity index is 720. The lowest BCUT2D eigenvalue weighted by Gasteiger charge is -2.09. The lowest BCUT2D eigenvalue weighted by molar-refractivity contribution is -0.129. The van der Waals surface area contributed by atoms with Gasteiger partial charge >= 0.3 is 0 Å². The first-order valence-electron chi connectivity index (χ1n) is 6.65. The molecule has 0 aliphatic rings. The summed E-state index contributed by atoms with van der Waals surface area (Å²) in [4.78, 5) is 11.8. The fourth-order valence-electron chi connectivity index (χ4n) is 1.84. The fourth-order valence-corrected chi connectivity index (χ4v) is 2.06. The van der Waals surface area contributed by atoms with Gasteiger partial charge in [-0.2, -0.15) is 5.10 Å². The number of hydrogen-bond donors (Lipinski definition) is 3. The number of halogens is 1. The molecule has 0 radical (unpaired) electrons. The lowest BCUT2D eigenvalue weighted by Crippen LogP contribution is -2.25. The molecule has 1 amide bonds. The van der Waals surface area contributed by atoms with Crippen LogP contribution < -0.4 is 10.2 Å². The highest BCUT2D eigenvalue weighted by Gasteiger charge is 2.16. The number of hydrazone groups is 1. The first kappa shape index (κ1) is 16.8. The Morgan fingerprint density at radius 1 is 1.35 bits per heavy atom. The molecule has 23 heavy (non-hydrogen) atoms. The Balaban J connectivity index is 2.04. The van der Waals surface area contributed by atoms with Crippen molar-refractivity contribution in [2.45, 2.75) is 6.10 Å². The lowest BCUT2D eigenvalue weighted by atomic mass is 10.1. The molecule has 120 valence electrons. The number of amides is 1. The summed E-state index contributed by atoms with van der Waals surface area (Å²) in [5, 5.41) is 23.4. The molecular weight excluding hydrogens is 320 g/mol. The van der Waals surface area contributed by atoms with Crippen LogP contribution in [-0.4, -0.2) is 29.4 Å². The predicted molar refractivity (Wildman–Crippen MR) is 86.8 cm³/mol. The van der Waals surface area contributed by atoms with Crippen LogP contribution in [0.25, 0.3) is 0 Å². The standard InChI is InChI=1S/C16H15ClN2O4/c1-23-13-8-10(7-12(17)15(13)21)9-18-19-16(22)14(20)11-5-3-2-4-6-11/h2-9,14,20-21H,1H3,(H,19,22)/t14-/m1/s1. The van der Waals surface area contributed by atoms with E-state index in [1.807, 2.05) is 0 Å². The Morgan fingerprint density at radius 2 is 2.04 bits per heavy atom. The number of nitrogens with zero attached hydrogens (tertiary/aromatic N) is 1. The summed E-state index contributed by atoms with van der Waals surface area (Å²) in [6, 6.07) is 11.5. The molecule has 2 aromatic rings. The summed E-state index contributed by atoms with van der Waals surface area (Å²) < 4.78 is 4.97. The zero-order valence-corrected chi connectivity index (χ0v) is 13.0. The van der Waals surface area contributed by atoms with Gasteiger partial charge in [0, 0.05) is 0 Å². The van der Waals surface area contributed by atoms with E-state index < -0.39 is 12.0 Å². The summed E-state index contributed by atoms with van der Waals surface area (Å²) in [6.45, 7) is 0. The number of benzene rings is 2. The highest BCUT2D eigenvalue weighted by Crippen LogP contribution is 2.34. The van der Waals surface area contributed by atoms with E-state index in [-0.39, 0.29) is 16.5 Å². The minimum atomic E-state index is -1.31. The van der Waals surface area contributed by atoms with Crippen molar-refractivity contribution in [3.8, 4) is 11.5 Å². The number of phenolic OH excluding ortho intramolecular Hbond substituents is 1. The van der Waals surface area contributed by atoms with Crippen molar-refractivity contribution in [3.63, 3.8) is 0 Å². The number of hydrogen-bond acceptors (Lipinski definition) is 5. The highest BCUT2D eigenvalue weighted by atomic mass is 35.5. The van der Waals surface area contributed by atoms with Crippen molar-refractivity contribution >= 4 is 23.7 Å². The third-order valence-electron chi connectivity index (χ3n) is 3.02. The molecule has 0 aromatic heterocycles. The molecule has 2 rings (SSSR count). The molecule has 0 bridgehead atoms. The van der Waals surface area contributed by atoms with Crippen molar-refractivity contribution in [3.05, 3.63) is 58.6 Å². The van der Waals surface area contributed by atoms with E-state index in [0.717, 1.165) is 0 Å². The van der Waals surface area contributed by atoms with Crippen LogP contribution in [-0.2, 0) is 4.79 Å². The Morgan fingerprint density at radius 3 is 2.70 bits per heavy atom. The summed E-state index contributed by atoms with van der Waals surface area (Å²) in [7, 11) is 1.39. The number of aliphatic hydroxyl groups excluding tert-OH is 1. The van der Waals surface area contributed by atoms with Crippen LogP contribution in [0.5, 0.6) is 11.5 Å². The van der Waals surface area contributed by atoms with Gasteiger partial charge in [-0.1, -0.05) is 41.9 Å². The molecule has 0 aliphatic carbocycles. The van der Waals surface area contributed by atoms with Crippen molar-refractivity contribution in [2.75, 3.05) is 7.11 Å². The molecule has 0 saturated carbocycles. The second-order valence-electron chi connectivity index (χ2n) is 4.60. The Labute approximate surface area is 138 Å². The fraction of sp³-hybridized carbons (Fsp3) is 0.125. The number of carbonyl (C=O) groups is 1. The molecule has 0 fully saturated rings. The molecule has 0 spiro atoms. The second kappa shape index (κ2) is 7.62. The van der Waals surface area contributed by atoms with Gasteiger partial charge in [-0.15, -0.1) is 0 Å². The number of carbonyl (C=O) groups excluding carboxylic acids is 1. The third-order valence-corrected chi connectivity index (χ3v) is 3.31. The van der Waals surface area contributed by atoms with Crippen LogP contribution in [0.4, 0.5) is 0 Å². The zero-order valence-electron chi connectivity index (χ0n) is 12.2. The smallest absolute Gasteiger partial charge is 0.273 e. The van der Waals surface area contributed by atoms with E-state index in [1.54, 1.807) is 30.3 Å². The quantitative estimate of drug-likeness (QED) is 0.577. The highest BCUT2D eigenvalue weighted by molar-refractivity contribution is 6.32. The van der Waals surface area contributed by atoms with Crippen LogP contribution in [0.3, 0.4) is 0 Å². The van der Waals surface area contributed by atoms with Crippen LogP contribution >= 0.6 is 11.6 Å². The van der Waals surface area contributed by atoms with Gasteiger partial charge in [-0.25, -0.2) is 5.43 Å². The van der Waals surface area contributed by atoms with Crippen molar-refractivity contribution in [1.82, 2.24) is 5.43 Å². The average molecular weight is 335 g/mol. The van der Waals surface area contributed by atoms with Gasteiger partial charge in [0.05, 0.1) is 18.3 Å². The first-order chi connectivity index (χ1) is 11.0. The molecule has 0 saturated heterocycles. The van der Waals surface area contributed by atoms with Crippen molar-refractivity contribution < 1.29 is 19.7 Å². The molecule has 7 heteroatoms. The monoisotopic (exact) mass is 334 g/mol. The summed E-state index contributed by atoms with van der Waals surface area (Å²) >= 11 is 5.85. The van der Waals surface area contributed by atoms with Crippen molar-refractivity contribution in [2.24, 2.45) is 5.10 Å². The average Bonchev–Trinajstić information content (AvgIpc) is 2.57. The third kappa shape index (κ3) is 4.21. The second-order valence-corrected chi connectivity index (χ2v) is 5.01. The van der Waals surface area contributed by atoms with Gasteiger partial charge in [0.15, 0.2) is 17.6 Å². The number of rotatable bonds is 5. The molecule has 6 nitrogen and oxygen atoms in total. The molecular formula is C16H15ClN2O4. The number of aromatic hydroxyl groups is 1. The Kier molecular flexibility index (Phi) is 5.56. The minimum absolute atomic E-state index is 0.0986. The summed E-state index contributed by atoms with van der Waals surface area (Å²) in [5.74, 6) is -0.645. The maximum absolute atomic E-state index is 11.8. The van der Waals surface area contributed by atoms with E-state index >= 15 is 0 Å².